The van der Waals surface area contributed by atoms with Gasteiger partial charge in [0.2, 0.25) is 11.7 Å². The van der Waals surface area contributed by atoms with Crippen LogP contribution in [0.4, 0.5) is 0 Å². The first-order chi connectivity index (χ1) is 18.8. The first kappa shape index (κ1) is 28.4. The largest absolute Gasteiger partial charge is 0.507 e. The van der Waals surface area contributed by atoms with Crippen LogP contribution in [0.25, 0.3) is 5.76 Å². The zero-order chi connectivity index (χ0) is 29.3. The smallest absolute Gasteiger partial charge is 0.230 e. The summed E-state index contributed by atoms with van der Waals surface area (Å²) in [5.41, 5.74) is 3.24. The minimum Gasteiger partial charge on any atom is -0.507 e. The molecule has 10 nitrogen and oxygen atoms in total. The average molecular weight is 555 g/mol. The Morgan fingerprint density at radius 2 is 1.75 bits per heavy atom. The molecule has 6 N–H and O–H groups in total. The van der Waals surface area contributed by atoms with E-state index in [1.807, 2.05) is 0 Å². The fourth-order valence-electron chi connectivity index (χ4n) is 7.77. The second-order valence-electron chi connectivity index (χ2n) is 12.5. The van der Waals surface area contributed by atoms with Crippen LogP contribution in [0.5, 0.6) is 5.75 Å². The van der Waals surface area contributed by atoms with Crippen LogP contribution in [0.1, 0.15) is 66.9 Å². The molecule has 6 atom stereocenters. The van der Waals surface area contributed by atoms with E-state index in [1.54, 1.807) is 25.1 Å². The highest BCUT2D eigenvalue weighted by Crippen LogP contribution is 2.52. The molecule has 0 heterocycles. The van der Waals surface area contributed by atoms with Gasteiger partial charge in [-0.25, -0.2) is 0 Å². The summed E-state index contributed by atoms with van der Waals surface area (Å²) >= 11 is 0. The molecule has 4 aliphatic rings. The van der Waals surface area contributed by atoms with Crippen LogP contribution in [0, 0.1) is 29.6 Å². The number of amides is 1. The third kappa shape index (κ3) is 4.19. The topological polar surface area (TPSA) is 178 Å². The normalized spacial score (nSPS) is 35.7. The summed E-state index contributed by atoms with van der Waals surface area (Å²) in [6.07, 6.45) is 3.01. The van der Waals surface area contributed by atoms with Crippen molar-refractivity contribution in [2.24, 2.45) is 35.3 Å². The second kappa shape index (κ2) is 10.1. The lowest BCUT2D eigenvalue weighted by Gasteiger charge is -2.53. The van der Waals surface area contributed by atoms with Crippen LogP contribution >= 0.6 is 0 Å². The van der Waals surface area contributed by atoms with Crippen LogP contribution in [-0.2, 0) is 20.8 Å². The molecule has 4 aliphatic carbocycles. The highest BCUT2D eigenvalue weighted by Gasteiger charge is 2.67. The van der Waals surface area contributed by atoms with Gasteiger partial charge in [-0.3, -0.25) is 19.2 Å². The number of hydrogen-bond acceptors (Lipinski definition) is 9. The van der Waals surface area contributed by atoms with Gasteiger partial charge in [0.05, 0.1) is 11.7 Å². The van der Waals surface area contributed by atoms with Crippen molar-refractivity contribution in [2.75, 3.05) is 14.1 Å². The van der Waals surface area contributed by atoms with E-state index in [2.05, 4.69) is 6.92 Å². The molecule has 216 valence electrons. The lowest BCUT2D eigenvalue weighted by Crippen LogP contribution is -2.73. The van der Waals surface area contributed by atoms with Gasteiger partial charge in [-0.15, -0.1) is 0 Å². The van der Waals surface area contributed by atoms with E-state index in [-0.39, 0.29) is 41.4 Å². The number of aliphatic hydroxyl groups is 3. The molecule has 0 aliphatic heterocycles. The number of primary amides is 1. The lowest BCUT2D eigenvalue weighted by atomic mass is 9.54. The van der Waals surface area contributed by atoms with Gasteiger partial charge in [0, 0.05) is 29.5 Å². The molecule has 40 heavy (non-hydrogen) atoms. The predicted molar refractivity (Wildman–Crippen MR) is 144 cm³/mol. The molecule has 0 spiro atoms. The summed E-state index contributed by atoms with van der Waals surface area (Å²) in [5, 5.41) is 44.8. The summed E-state index contributed by atoms with van der Waals surface area (Å²) in [6.45, 7) is 2.21. The number of rotatable bonds is 5. The Labute approximate surface area is 232 Å². The number of fused-ring (bicyclic) bond motifs is 3. The SMILES string of the molecule is CC1CCC(CC(=O)c2ccc(O)c3c2C[C@H]2C[C@H]4[C@H](N(C)C)[C@@H](O)C(C(N)=O)C(=O)[C@@]4(O)C(=O)C2=C3O)CC1. The zero-order valence-electron chi connectivity index (χ0n) is 23.1. The number of carbonyl (C=O) groups is 4. The molecular formula is C30H38N2O8. The van der Waals surface area contributed by atoms with Crippen molar-refractivity contribution in [3.05, 3.63) is 34.4 Å². The number of hydrogen-bond donors (Lipinski definition) is 5. The van der Waals surface area contributed by atoms with Gasteiger partial charge in [-0.05, 0) is 75.2 Å². The molecule has 3 fully saturated rings. The van der Waals surface area contributed by atoms with Crippen LogP contribution in [0.3, 0.4) is 0 Å². The van der Waals surface area contributed by atoms with E-state index in [0.717, 1.165) is 25.7 Å². The van der Waals surface area contributed by atoms with Crippen molar-refractivity contribution in [1.29, 1.82) is 0 Å². The van der Waals surface area contributed by atoms with Gasteiger partial charge in [-0.1, -0.05) is 19.8 Å². The maximum Gasteiger partial charge on any atom is 0.230 e. The van der Waals surface area contributed by atoms with Gasteiger partial charge in [-0.2, -0.15) is 0 Å². The maximum atomic E-state index is 13.9. The number of benzene rings is 1. The average Bonchev–Trinajstić information content (AvgIpc) is 2.87. The van der Waals surface area contributed by atoms with Crippen LogP contribution in [-0.4, -0.2) is 80.4 Å². The predicted octanol–water partition coefficient (Wildman–Crippen LogP) is 1.53. The number of aliphatic hydroxyl groups excluding tert-OH is 2. The molecule has 1 aromatic rings. The number of phenolic OH excluding ortho intramolecular Hbond substituents is 1. The van der Waals surface area contributed by atoms with Crippen molar-refractivity contribution >= 4 is 29.0 Å². The van der Waals surface area contributed by atoms with Gasteiger partial charge < -0.3 is 31.1 Å². The van der Waals surface area contributed by atoms with Gasteiger partial charge >= 0.3 is 0 Å². The van der Waals surface area contributed by atoms with E-state index in [9.17, 15) is 39.6 Å². The maximum absolute atomic E-state index is 13.9. The van der Waals surface area contributed by atoms with E-state index in [1.165, 1.54) is 6.07 Å². The number of nitrogens with zero attached hydrogens (tertiary/aromatic N) is 1. The highest BCUT2D eigenvalue weighted by atomic mass is 16.3. The fourth-order valence-corrected chi connectivity index (χ4v) is 7.77. The highest BCUT2D eigenvalue weighted by molar-refractivity contribution is 6.25. The molecule has 1 amide bonds. The number of aromatic hydroxyl groups is 1. The third-order valence-electron chi connectivity index (χ3n) is 9.88. The lowest BCUT2D eigenvalue weighted by molar-refractivity contribution is -0.184. The number of Topliss-reactive ketones (excluding diaryl/α,β-unsaturated/α-hetero) is 3. The fraction of sp³-hybridized carbons (Fsp3) is 0.600. The Kier molecular flexibility index (Phi) is 7.17. The second-order valence-corrected chi connectivity index (χ2v) is 12.5. The molecule has 1 unspecified atom stereocenters. The van der Waals surface area contributed by atoms with Gasteiger partial charge in [0.25, 0.3) is 0 Å². The molecule has 3 saturated carbocycles. The summed E-state index contributed by atoms with van der Waals surface area (Å²) in [4.78, 5) is 54.5. The van der Waals surface area contributed by atoms with Crippen molar-refractivity contribution < 1.29 is 39.6 Å². The molecular weight excluding hydrogens is 516 g/mol. The number of nitrogens with two attached hydrogens (primary N) is 1. The molecule has 0 bridgehead atoms. The minimum atomic E-state index is -2.70. The van der Waals surface area contributed by atoms with Crippen LogP contribution in [0.2, 0.25) is 0 Å². The molecule has 5 rings (SSSR count). The van der Waals surface area contributed by atoms with Crippen molar-refractivity contribution in [1.82, 2.24) is 4.90 Å². The first-order valence-electron chi connectivity index (χ1n) is 14.1. The Morgan fingerprint density at radius 3 is 2.35 bits per heavy atom. The standard InChI is InChI=1S/C30H38N2O8/c1-13-4-6-14(7-5-13)10-20(34)16-8-9-19(33)22-17(16)11-15-12-18-24(32(2)3)26(36)23(29(31)39)28(38)30(18,40)27(37)21(15)25(22)35/h8-9,13-15,18,23-24,26,33,35-36,40H,4-7,10-12H2,1-3H3,(H2,31,39)/t13?,14?,15-,18-,23?,24-,26-,30-/m0/s1. The summed E-state index contributed by atoms with van der Waals surface area (Å²) in [7, 11) is 3.21. The van der Waals surface area contributed by atoms with Crippen LogP contribution in [0.15, 0.2) is 17.7 Å². The van der Waals surface area contributed by atoms with Gasteiger partial charge in [0.15, 0.2) is 17.2 Å². The van der Waals surface area contributed by atoms with E-state index in [0.29, 0.717) is 23.5 Å². The van der Waals surface area contributed by atoms with E-state index in [4.69, 9.17) is 5.73 Å². The van der Waals surface area contributed by atoms with Crippen molar-refractivity contribution in [3.8, 4) is 5.75 Å². The summed E-state index contributed by atoms with van der Waals surface area (Å²) in [5.74, 6) is -7.13. The summed E-state index contributed by atoms with van der Waals surface area (Å²) < 4.78 is 0. The number of carbonyl (C=O) groups excluding carboxylic acids is 4. The molecule has 10 heteroatoms. The van der Waals surface area contributed by atoms with Crippen LogP contribution < -0.4 is 5.73 Å². The van der Waals surface area contributed by atoms with Crippen molar-refractivity contribution in [2.45, 2.75) is 69.6 Å². The Hall–Kier alpha value is -3.08. The third-order valence-corrected chi connectivity index (χ3v) is 9.88. The molecule has 0 saturated heterocycles. The Bertz CT molecular complexity index is 1310. The Morgan fingerprint density at radius 1 is 1.10 bits per heavy atom. The monoisotopic (exact) mass is 554 g/mol. The molecule has 0 radical (unpaired) electrons. The number of likely N-dealkylation sites (N-methyl/N-ethyl adjacent to an activating group) is 1. The van der Waals surface area contributed by atoms with Gasteiger partial charge in [0.1, 0.15) is 17.4 Å². The minimum absolute atomic E-state index is 0.0159. The summed E-state index contributed by atoms with van der Waals surface area (Å²) in [6, 6.07) is 1.90. The Balaban J connectivity index is 1.58. The van der Waals surface area contributed by atoms with E-state index < -0.39 is 58.7 Å². The quantitative estimate of drug-likeness (QED) is 0.267. The molecule has 1 aromatic carbocycles. The number of ketones is 3. The zero-order valence-corrected chi connectivity index (χ0v) is 23.1. The molecule has 0 aromatic heterocycles. The van der Waals surface area contributed by atoms with E-state index >= 15 is 0 Å². The first-order valence-corrected chi connectivity index (χ1v) is 14.1. The number of phenols is 1. The van der Waals surface area contributed by atoms with Crippen molar-refractivity contribution in [3.63, 3.8) is 0 Å².